The Morgan fingerprint density at radius 1 is 1.21 bits per heavy atom. The molecule has 0 saturated heterocycles. The molecule has 0 aliphatic rings. The fourth-order valence-corrected chi connectivity index (χ4v) is 2.69. The maximum Gasteiger partial charge on any atom is 0.408 e. The van der Waals surface area contributed by atoms with E-state index in [1.165, 1.54) is 24.4 Å². The van der Waals surface area contributed by atoms with Crippen molar-refractivity contribution >= 4 is 35.5 Å². The highest BCUT2D eigenvalue weighted by molar-refractivity contribution is 6.32. The molecule has 0 unspecified atom stereocenters. The summed E-state index contributed by atoms with van der Waals surface area (Å²) in [4.78, 5) is 35.1. The second kappa shape index (κ2) is 11.9. The Kier molecular flexibility index (Phi) is 9.31. The lowest BCUT2D eigenvalue weighted by atomic mass is 10.2. The van der Waals surface area contributed by atoms with Gasteiger partial charge in [-0.05, 0) is 32.4 Å². The molecule has 0 spiro atoms. The Morgan fingerprint density at radius 3 is 2.55 bits per heavy atom. The first-order valence-electron chi connectivity index (χ1n) is 9.93. The van der Waals surface area contributed by atoms with Gasteiger partial charge in [0.1, 0.15) is 16.7 Å². The van der Waals surface area contributed by atoms with Gasteiger partial charge in [-0.15, -0.1) is 0 Å². The molecule has 33 heavy (non-hydrogen) atoms. The number of carbonyl (C=O) groups excluding carboxylic acids is 2. The van der Waals surface area contributed by atoms with E-state index in [0.29, 0.717) is 5.56 Å². The summed E-state index contributed by atoms with van der Waals surface area (Å²) in [7, 11) is 0. The summed E-state index contributed by atoms with van der Waals surface area (Å²) in [5.74, 6) is -0.659. The SMILES string of the molecule is CC(C)(C)OC(=O)N[C@@H](COCc1ccccc1)C(=O)N/N=C\c1ccc(Cl)c([N+](=O)[O-])c1. The van der Waals surface area contributed by atoms with Crippen LogP contribution in [-0.2, 0) is 20.9 Å². The van der Waals surface area contributed by atoms with Crippen LogP contribution in [0.3, 0.4) is 0 Å². The fraction of sp³-hybridized carbons (Fsp3) is 0.318. The number of hydrogen-bond acceptors (Lipinski definition) is 7. The zero-order valence-corrected chi connectivity index (χ0v) is 19.2. The van der Waals surface area contributed by atoms with Gasteiger partial charge in [-0.3, -0.25) is 14.9 Å². The molecule has 0 aliphatic carbocycles. The molecular formula is C22H25ClN4O6. The lowest BCUT2D eigenvalue weighted by Gasteiger charge is -2.22. The third-order valence-corrected chi connectivity index (χ3v) is 4.28. The predicted octanol–water partition coefficient (Wildman–Crippen LogP) is 3.81. The largest absolute Gasteiger partial charge is 0.444 e. The third kappa shape index (κ3) is 9.26. The summed E-state index contributed by atoms with van der Waals surface area (Å²) in [6.07, 6.45) is 0.430. The first kappa shape index (κ1) is 25.8. The number of hydrogen-bond donors (Lipinski definition) is 2. The Balaban J connectivity index is 2.03. The summed E-state index contributed by atoms with van der Waals surface area (Å²) in [5.41, 5.74) is 2.50. The van der Waals surface area contributed by atoms with Crippen LogP contribution in [-0.4, -0.2) is 41.4 Å². The number of nitrogens with one attached hydrogen (secondary N) is 2. The number of hydrazone groups is 1. The molecule has 2 rings (SSSR count). The van der Waals surface area contributed by atoms with Gasteiger partial charge >= 0.3 is 6.09 Å². The summed E-state index contributed by atoms with van der Waals surface area (Å²) >= 11 is 5.78. The van der Waals surface area contributed by atoms with E-state index in [1.807, 2.05) is 30.3 Å². The number of carbonyl (C=O) groups is 2. The van der Waals surface area contributed by atoms with Crippen LogP contribution in [0.2, 0.25) is 5.02 Å². The maximum atomic E-state index is 12.6. The van der Waals surface area contributed by atoms with Gasteiger partial charge in [0.25, 0.3) is 11.6 Å². The average Bonchev–Trinajstić information content (AvgIpc) is 2.73. The van der Waals surface area contributed by atoms with Crippen LogP contribution in [0.15, 0.2) is 53.6 Å². The van der Waals surface area contributed by atoms with E-state index in [-0.39, 0.29) is 23.9 Å². The molecule has 0 aliphatic heterocycles. The number of ether oxygens (including phenoxy) is 2. The van der Waals surface area contributed by atoms with Crippen molar-refractivity contribution in [2.24, 2.45) is 5.10 Å². The highest BCUT2D eigenvalue weighted by Crippen LogP contribution is 2.24. The van der Waals surface area contributed by atoms with Crippen LogP contribution in [0.1, 0.15) is 31.9 Å². The highest BCUT2D eigenvalue weighted by atomic mass is 35.5. The smallest absolute Gasteiger partial charge is 0.408 e. The van der Waals surface area contributed by atoms with Crippen LogP contribution < -0.4 is 10.7 Å². The Morgan fingerprint density at radius 2 is 1.91 bits per heavy atom. The first-order chi connectivity index (χ1) is 15.5. The Hall–Kier alpha value is -3.50. The summed E-state index contributed by atoms with van der Waals surface area (Å²) in [6.45, 7) is 5.19. The van der Waals surface area contributed by atoms with Crippen LogP contribution in [0.5, 0.6) is 0 Å². The molecule has 0 heterocycles. The zero-order valence-electron chi connectivity index (χ0n) is 18.4. The van der Waals surface area contributed by atoms with Crippen molar-refractivity contribution < 1.29 is 24.0 Å². The molecule has 0 saturated carbocycles. The van der Waals surface area contributed by atoms with Gasteiger partial charge in [0, 0.05) is 11.6 Å². The van der Waals surface area contributed by atoms with Crippen LogP contribution in [0.4, 0.5) is 10.5 Å². The number of nitro groups is 1. The third-order valence-electron chi connectivity index (χ3n) is 3.96. The highest BCUT2D eigenvalue weighted by Gasteiger charge is 2.24. The maximum absolute atomic E-state index is 12.6. The van der Waals surface area contributed by atoms with Crippen LogP contribution in [0.25, 0.3) is 0 Å². The van der Waals surface area contributed by atoms with Crippen LogP contribution >= 0.6 is 11.6 Å². The topological polar surface area (TPSA) is 132 Å². The monoisotopic (exact) mass is 476 g/mol. The first-order valence-corrected chi connectivity index (χ1v) is 10.3. The van der Waals surface area contributed by atoms with Crippen molar-refractivity contribution in [1.82, 2.24) is 10.7 Å². The predicted molar refractivity (Wildman–Crippen MR) is 123 cm³/mol. The lowest BCUT2D eigenvalue weighted by Crippen LogP contribution is -2.49. The van der Waals surface area contributed by atoms with E-state index in [1.54, 1.807) is 20.8 Å². The van der Waals surface area contributed by atoms with Crippen molar-refractivity contribution in [3.63, 3.8) is 0 Å². The summed E-state index contributed by atoms with van der Waals surface area (Å²) in [6, 6.07) is 12.3. The number of rotatable bonds is 9. The van der Waals surface area contributed by atoms with E-state index in [2.05, 4.69) is 15.8 Å². The molecular weight excluding hydrogens is 452 g/mol. The number of benzene rings is 2. The molecule has 2 amide bonds. The molecule has 0 fully saturated rings. The zero-order chi connectivity index (χ0) is 24.4. The summed E-state index contributed by atoms with van der Waals surface area (Å²) < 4.78 is 10.8. The number of alkyl carbamates (subject to hydrolysis) is 1. The molecule has 1 atom stereocenters. The lowest BCUT2D eigenvalue weighted by molar-refractivity contribution is -0.384. The van der Waals surface area contributed by atoms with Crippen molar-refractivity contribution in [2.75, 3.05) is 6.61 Å². The average molecular weight is 477 g/mol. The minimum Gasteiger partial charge on any atom is -0.444 e. The number of halogens is 1. The molecule has 10 nitrogen and oxygen atoms in total. The fourth-order valence-electron chi connectivity index (χ4n) is 2.50. The van der Waals surface area contributed by atoms with Gasteiger partial charge in [0.2, 0.25) is 0 Å². The van der Waals surface area contributed by atoms with Gasteiger partial charge in [-0.1, -0.05) is 48.0 Å². The minimum absolute atomic E-state index is 0.0154. The second-order valence-electron chi connectivity index (χ2n) is 7.90. The van der Waals surface area contributed by atoms with Crippen molar-refractivity contribution in [2.45, 2.75) is 39.0 Å². The van der Waals surface area contributed by atoms with Crippen LogP contribution in [0, 0.1) is 10.1 Å². The Bertz CT molecular complexity index is 1010. The normalized spacial score (nSPS) is 12.2. The Labute approximate surface area is 196 Å². The number of nitrogens with zero attached hydrogens (tertiary/aromatic N) is 2. The van der Waals surface area contributed by atoms with E-state index in [0.717, 1.165) is 5.56 Å². The number of amides is 2. The quantitative estimate of drug-likeness (QED) is 0.321. The molecule has 0 bridgehead atoms. The van der Waals surface area contributed by atoms with Crippen molar-refractivity contribution in [1.29, 1.82) is 0 Å². The standard InChI is InChI=1S/C22H25ClN4O6/c1-22(2,3)33-21(29)25-18(14-32-13-15-7-5-4-6-8-15)20(28)26-24-12-16-9-10-17(23)19(11-16)27(30)31/h4-12,18H,13-14H2,1-3H3,(H,25,29)(H,26,28)/b24-12-/t18-/m0/s1. The van der Waals surface area contributed by atoms with Crippen molar-refractivity contribution in [3.8, 4) is 0 Å². The van der Waals surface area contributed by atoms with E-state index < -0.39 is 28.6 Å². The molecule has 176 valence electrons. The molecule has 2 aromatic rings. The minimum atomic E-state index is -1.10. The number of nitro benzene ring substituents is 1. The van der Waals surface area contributed by atoms with E-state index in [4.69, 9.17) is 21.1 Å². The molecule has 0 radical (unpaired) electrons. The second-order valence-corrected chi connectivity index (χ2v) is 8.31. The molecule has 2 aromatic carbocycles. The van der Waals surface area contributed by atoms with Gasteiger partial charge in [-0.2, -0.15) is 5.10 Å². The summed E-state index contributed by atoms with van der Waals surface area (Å²) in [5, 5.41) is 17.2. The van der Waals surface area contributed by atoms with Gasteiger partial charge in [-0.25, -0.2) is 10.2 Å². The molecule has 0 aromatic heterocycles. The van der Waals surface area contributed by atoms with Gasteiger partial charge in [0.15, 0.2) is 0 Å². The molecule has 2 N–H and O–H groups in total. The van der Waals surface area contributed by atoms with E-state index in [9.17, 15) is 19.7 Å². The molecule has 11 heteroatoms. The van der Waals surface area contributed by atoms with Gasteiger partial charge < -0.3 is 14.8 Å². The van der Waals surface area contributed by atoms with E-state index >= 15 is 0 Å². The van der Waals surface area contributed by atoms with Crippen molar-refractivity contribution in [3.05, 3.63) is 74.8 Å². The van der Waals surface area contributed by atoms with Gasteiger partial charge in [0.05, 0.1) is 24.4 Å².